The van der Waals surface area contributed by atoms with Crippen molar-refractivity contribution >= 4 is 17.6 Å². The molecule has 2 heterocycles. The maximum absolute atomic E-state index is 12.9. The number of anilines is 1. The molecule has 35 heavy (non-hydrogen) atoms. The molecule has 12 heteroatoms. The molecule has 0 radical (unpaired) electrons. The third-order valence-corrected chi connectivity index (χ3v) is 5.52. The standard InChI is InChI=1S/C21H23N5O2.C2HF3O2/c1-14-18(8-3-9-19(14)26-13-23-25-21(26)28)24-20(27)16-6-2-5-15(11-16)17-7-4-10-22-12-17;3-2(4,5)1(6)7/h2-3,5-6,8-9,11,13,17,22H,4,7,10,12H2,1H3,(H,24,27)(H,25,28);(H,6,7). The van der Waals surface area contributed by atoms with Crippen LogP contribution >= 0.6 is 0 Å². The number of piperidine rings is 1. The van der Waals surface area contributed by atoms with Crippen LogP contribution < -0.4 is 16.3 Å². The van der Waals surface area contributed by atoms with Gasteiger partial charge in [0.25, 0.3) is 5.91 Å². The Kier molecular flexibility index (Phi) is 8.07. The van der Waals surface area contributed by atoms with E-state index in [1.807, 2.05) is 43.3 Å². The van der Waals surface area contributed by atoms with Crippen LogP contribution in [-0.2, 0) is 4.79 Å². The maximum atomic E-state index is 12.9. The second-order valence-electron chi connectivity index (χ2n) is 7.91. The fourth-order valence-corrected chi connectivity index (χ4v) is 3.70. The monoisotopic (exact) mass is 491 g/mol. The predicted molar refractivity (Wildman–Crippen MR) is 122 cm³/mol. The number of carboxylic acid groups (broad SMARTS) is 1. The highest BCUT2D eigenvalue weighted by atomic mass is 19.4. The molecule has 1 saturated heterocycles. The van der Waals surface area contributed by atoms with E-state index in [4.69, 9.17) is 9.90 Å². The Balaban J connectivity index is 0.000000429. The van der Waals surface area contributed by atoms with Gasteiger partial charge < -0.3 is 15.7 Å². The number of aliphatic carboxylic acids is 1. The number of carbonyl (C=O) groups excluding carboxylic acids is 1. The number of amides is 1. The van der Waals surface area contributed by atoms with Crippen molar-refractivity contribution in [3.63, 3.8) is 0 Å². The lowest BCUT2D eigenvalue weighted by atomic mass is 9.90. The fourth-order valence-electron chi connectivity index (χ4n) is 3.70. The Labute approximate surface area is 198 Å². The van der Waals surface area contributed by atoms with Crippen molar-refractivity contribution in [2.75, 3.05) is 18.4 Å². The van der Waals surface area contributed by atoms with Crippen molar-refractivity contribution < 1.29 is 27.9 Å². The number of nitrogens with zero attached hydrogens (tertiary/aromatic N) is 2. The third kappa shape index (κ3) is 6.57. The maximum Gasteiger partial charge on any atom is 0.490 e. The molecule has 1 aliphatic rings. The molecule has 186 valence electrons. The van der Waals surface area contributed by atoms with E-state index in [0.29, 0.717) is 22.9 Å². The molecule has 1 unspecified atom stereocenters. The van der Waals surface area contributed by atoms with Gasteiger partial charge in [-0.3, -0.25) is 4.79 Å². The molecule has 0 saturated carbocycles. The normalized spacial score (nSPS) is 15.6. The number of carboxylic acids is 1. The second kappa shape index (κ2) is 11.0. The summed E-state index contributed by atoms with van der Waals surface area (Å²) >= 11 is 0. The number of carbonyl (C=O) groups is 2. The van der Waals surface area contributed by atoms with Crippen molar-refractivity contribution in [1.29, 1.82) is 0 Å². The molecule has 2 aromatic carbocycles. The smallest absolute Gasteiger partial charge is 0.475 e. The number of H-pyrrole nitrogens is 1. The first kappa shape index (κ1) is 25.7. The first-order chi connectivity index (χ1) is 16.6. The summed E-state index contributed by atoms with van der Waals surface area (Å²) in [6.07, 6.45) is -1.36. The Morgan fingerprint density at radius 2 is 1.91 bits per heavy atom. The number of nitrogens with one attached hydrogen (secondary N) is 3. The van der Waals surface area contributed by atoms with Crippen LogP contribution in [0.4, 0.5) is 18.9 Å². The largest absolute Gasteiger partial charge is 0.490 e. The first-order valence-electron chi connectivity index (χ1n) is 10.7. The average Bonchev–Trinajstić information content (AvgIpc) is 3.26. The predicted octanol–water partition coefficient (Wildman–Crippen LogP) is 3.22. The van der Waals surface area contributed by atoms with E-state index in [1.165, 1.54) is 16.5 Å². The molecule has 4 N–H and O–H groups in total. The van der Waals surface area contributed by atoms with Crippen LogP contribution in [0.2, 0.25) is 0 Å². The first-order valence-corrected chi connectivity index (χ1v) is 10.7. The molecule has 1 aromatic heterocycles. The van der Waals surface area contributed by atoms with Gasteiger partial charge in [-0.2, -0.15) is 18.3 Å². The van der Waals surface area contributed by atoms with Crippen molar-refractivity contribution in [3.05, 3.63) is 76.0 Å². The molecule has 1 fully saturated rings. The fraction of sp³-hybridized carbons (Fsp3) is 0.304. The molecule has 4 rings (SSSR count). The van der Waals surface area contributed by atoms with Gasteiger partial charge in [-0.15, -0.1) is 0 Å². The molecule has 0 bridgehead atoms. The lowest BCUT2D eigenvalue weighted by Crippen LogP contribution is -2.28. The van der Waals surface area contributed by atoms with Gasteiger partial charge in [-0.1, -0.05) is 18.2 Å². The van der Waals surface area contributed by atoms with Crippen molar-refractivity contribution in [1.82, 2.24) is 20.1 Å². The van der Waals surface area contributed by atoms with E-state index in [1.54, 1.807) is 0 Å². The summed E-state index contributed by atoms with van der Waals surface area (Å²) in [5.41, 5.74) is 3.65. The van der Waals surface area contributed by atoms with Gasteiger partial charge in [0.05, 0.1) is 5.69 Å². The molecule has 1 aliphatic heterocycles. The number of aromatic nitrogens is 3. The Morgan fingerprint density at radius 3 is 2.51 bits per heavy atom. The summed E-state index contributed by atoms with van der Waals surface area (Å²) in [5.74, 6) is -2.47. The number of hydrogen-bond donors (Lipinski definition) is 4. The summed E-state index contributed by atoms with van der Waals surface area (Å²) < 4.78 is 33.2. The minimum absolute atomic E-state index is 0.162. The van der Waals surface area contributed by atoms with Crippen LogP contribution in [0.3, 0.4) is 0 Å². The van der Waals surface area contributed by atoms with Gasteiger partial charge in [0, 0.05) is 17.8 Å². The van der Waals surface area contributed by atoms with E-state index < -0.39 is 12.1 Å². The lowest BCUT2D eigenvalue weighted by molar-refractivity contribution is -0.192. The summed E-state index contributed by atoms with van der Waals surface area (Å²) in [5, 5.41) is 19.7. The van der Waals surface area contributed by atoms with Crippen LogP contribution in [0.15, 0.2) is 53.6 Å². The highest BCUT2D eigenvalue weighted by molar-refractivity contribution is 6.05. The zero-order chi connectivity index (χ0) is 25.6. The highest BCUT2D eigenvalue weighted by Gasteiger charge is 2.38. The van der Waals surface area contributed by atoms with Gasteiger partial charge in [0.2, 0.25) is 0 Å². The third-order valence-electron chi connectivity index (χ3n) is 5.52. The molecule has 1 atom stereocenters. The van der Waals surface area contributed by atoms with Gasteiger partial charge in [0.1, 0.15) is 6.33 Å². The van der Waals surface area contributed by atoms with E-state index >= 15 is 0 Å². The quantitative estimate of drug-likeness (QED) is 0.444. The van der Waals surface area contributed by atoms with E-state index in [9.17, 15) is 22.8 Å². The minimum atomic E-state index is -5.08. The van der Waals surface area contributed by atoms with Crippen molar-refractivity contribution in [3.8, 4) is 5.69 Å². The summed E-state index contributed by atoms with van der Waals surface area (Å²) in [7, 11) is 0. The Bertz CT molecular complexity index is 1250. The molecule has 9 nitrogen and oxygen atoms in total. The van der Waals surface area contributed by atoms with Crippen molar-refractivity contribution in [2.45, 2.75) is 31.9 Å². The molecule has 3 aromatic rings. The molecule has 1 amide bonds. The molecule has 0 aliphatic carbocycles. The van der Waals surface area contributed by atoms with Gasteiger partial charge in [-0.05, 0) is 67.6 Å². The highest BCUT2D eigenvalue weighted by Crippen LogP contribution is 2.25. The van der Waals surface area contributed by atoms with E-state index in [-0.39, 0.29) is 11.6 Å². The molecular formula is C23H24F3N5O4. The Morgan fingerprint density at radius 1 is 1.20 bits per heavy atom. The summed E-state index contributed by atoms with van der Waals surface area (Å²) in [4.78, 5) is 33.6. The van der Waals surface area contributed by atoms with Crippen LogP contribution in [0, 0.1) is 6.92 Å². The summed E-state index contributed by atoms with van der Waals surface area (Å²) in [6.45, 7) is 3.88. The van der Waals surface area contributed by atoms with E-state index in [2.05, 4.69) is 26.9 Å². The average molecular weight is 491 g/mol. The SMILES string of the molecule is Cc1c(NC(=O)c2cccc(C3CCCNC3)c2)cccc1-n1cn[nH]c1=O.O=C(O)C(F)(F)F. The molecular weight excluding hydrogens is 467 g/mol. The number of rotatable bonds is 4. The Hall–Kier alpha value is -3.93. The van der Waals surface area contributed by atoms with Gasteiger partial charge in [-0.25, -0.2) is 19.3 Å². The zero-order valence-corrected chi connectivity index (χ0v) is 18.7. The van der Waals surface area contributed by atoms with Crippen molar-refractivity contribution in [2.24, 2.45) is 0 Å². The van der Waals surface area contributed by atoms with Gasteiger partial charge in [0.15, 0.2) is 0 Å². The van der Waals surface area contributed by atoms with E-state index in [0.717, 1.165) is 31.5 Å². The molecule has 0 spiro atoms. The second-order valence-corrected chi connectivity index (χ2v) is 7.91. The summed E-state index contributed by atoms with van der Waals surface area (Å²) in [6, 6.07) is 13.3. The number of hydrogen-bond acceptors (Lipinski definition) is 5. The number of alkyl halides is 3. The topological polar surface area (TPSA) is 129 Å². The van der Waals surface area contributed by atoms with Crippen LogP contribution in [0.1, 0.15) is 40.2 Å². The number of benzene rings is 2. The number of halogens is 3. The van der Waals surface area contributed by atoms with Crippen LogP contribution in [-0.4, -0.2) is 51.0 Å². The van der Waals surface area contributed by atoms with Crippen LogP contribution in [0.25, 0.3) is 5.69 Å². The minimum Gasteiger partial charge on any atom is -0.475 e. The van der Waals surface area contributed by atoms with Gasteiger partial charge >= 0.3 is 17.8 Å². The lowest BCUT2D eigenvalue weighted by Gasteiger charge is -2.23. The zero-order valence-electron chi connectivity index (χ0n) is 18.7. The number of aromatic amines is 1. The van der Waals surface area contributed by atoms with Crippen LogP contribution in [0.5, 0.6) is 0 Å².